The van der Waals surface area contributed by atoms with Gasteiger partial charge in [-0.2, -0.15) is 0 Å². The molecule has 66 heavy (non-hydrogen) atoms. The minimum absolute atomic E-state index is 0.137. The van der Waals surface area contributed by atoms with Gasteiger partial charge in [0.05, 0.1) is 27.5 Å². The monoisotopic (exact) mass is 838 g/mol. The zero-order valence-electron chi connectivity index (χ0n) is 36.7. The fourth-order valence-corrected chi connectivity index (χ4v) is 13.0. The van der Waals surface area contributed by atoms with Crippen molar-refractivity contribution >= 4 is 43.6 Å². The van der Waals surface area contributed by atoms with Gasteiger partial charge in [-0.1, -0.05) is 184 Å². The summed E-state index contributed by atoms with van der Waals surface area (Å²) < 4.78 is 5.02. The maximum atomic E-state index is 2.62. The number of hydrogen-bond donors (Lipinski definition) is 0. The molecule has 0 N–H and O–H groups in total. The summed E-state index contributed by atoms with van der Waals surface area (Å²) in [7, 11) is 0. The Bertz CT molecular complexity index is 3960. The van der Waals surface area contributed by atoms with Crippen molar-refractivity contribution in [1.82, 2.24) is 9.13 Å². The van der Waals surface area contributed by atoms with Crippen LogP contribution in [0.15, 0.2) is 218 Å². The van der Waals surface area contributed by atoms with E-state index in [1.54, 1.807) is 0 Å². The van der Waals surface area contributed by atoms with Gasteiger partial charge in [-0.3, -0.25) is 0 Å². The molecule has 10 aromatic carbocycles. The quantitative estimate of drug-likeness (QED) is 0.168. The lowest BCUT2D eigenvalue weighted by Crippen LogP contribution is -2.26. The van der Waals surface area contributed by atoms with E-state index >= 15 is 0 Å². The first-order valence-electron chi connectivity index (χ1n) is 23.3. The molecule has 0 fully saturated rings. The van der Waals surface area contributed by atoms with E-state index in [-0.39, 0.29) is 5.41 Å². The molecule has 0 aliphatic heterocycles. The van der Waals surface area contributed by atoms with Crippen molar-refractivity contribution in [2.24, 2.45) is 0 Å². The summed E-state index contributed by atoms with van der Waals surface area (Å²) in [6, 6.07) is 82.4. The summed E-state index contributed by atoms with van der Waals surface area (Å²) in [5, 5.41) is 5.07. The summed E-state index contributed by atoms with van der Waals surface area (Å²) in [5.41, 5.74) is 25.2. The normalized spacial score (nSPS) is 14.5. The largest absolute Gasteiger partial charge is 0.309 e. The van der Waals surface area contributed by atoms with E-state index in [9.17, 15) is 0 Å². The maximum Gasteiger partial charge on any atom is 0.0746 e. The topological polar surface area (TPSA) is 9.86 Å². The second-order valence-electron chi connectivity index (χ2n) is 19.2. The molecule has 12 aromatic rings. The molecule has 0 bridgehead atoms. The van der Waals surface area contributed by atoms with Crippen LogP contribution in [0.2, 0.25) is 0 Å². The Morgan fingerprint density at radius 2 is 0.773 bits per heavy atom. The number of nitrogens with zero attached hydrogens (tertiary/aromatic N) is 2. The van der Waals surface area contributed by atoms with Crippen molar-refractivity contribution in [1.29, 1.82) is 0 Å². The molecule has 2 nitrogen and oxygen atoms in total. The van der Waals surface area contributed by atoms with Crippen LogP contribution in [0.3, 0.4) is 0 Å². The number of benzene rings is 10. The highest BCUT2D eigenvalue weighted by Crippen LogP contribution is 2.64. The number of hydrogen-bond acceptors (Lipinski definition) is 0. The first-order chi connectivity index (χ1) is 32.5. The molecule has 308 valence electrons. The van der Waals surface area contributed by atoms with E-state index in [2.05, 4.69) is 241 Å². The van der Waals surface area contributed by atoms with Crippen LogP contribution in [0.1, 0.15) is 47.2 Å². The van der Waals surface area contributed by atoms with E-state index in [1.165, 1.54) is 127 Å². The van der Waals surface area contributed by atoms with Crippen molar-refractivity contribution in [2.45, 2.75) is 24.7 Å². The molecule has 0 radical (unpaired) electrons. The SMILES string of the molecule is CC1(C)c2ccccc2-c2ccc(-n3c4ccc(-c5ccc(-n6c7ccccc7c7ccccc76)cc5)cc4c4ccc5c(c43)C3(c4ccccc4-c4ccccc43)c3ccccc3-5)cc21. The average molecular weight is 839 g/mol. The lowest BCUT2D eigenvalue weighted by Gasteiger charge is -2.31. The molecule has 3 aliphatic carbocycles. The van der Waals surface area contributed by atoms with Gasteiger partial charge in [-0.15, -0.1) is 0 Å². The van der Waals surface area contributed by atoms with Crippen LogP contribution in [-0.2, 0) is 10.8 Å². The van der Waals surface area contributed by atoms with E-state index in [0.29, 0.717) is 0 Å². The summed E-state index contributed by atoms with van der Waals surface area (Å²) in [6.45, 7) is 4.78. The van der Waals surface area contributed by atoms with Crippen LogP contribution in [0.4, 0.5) is 0 Å². The predicted molar refractivity (Wildman–Crippen MR) is 274 cm³/mol. The van der Waals surface area contributed by atoms with Gasteiger partial charge < -0.3 is 9.13 Å². The molecule has 2 heteroatoms. The van der Waals surface area contributed by atoms with Gasteiger partial charge in [0.2, 0.25) is 0 Å². The highest BCUT2D eigenvalue weighted by Gasteiger charge is 2.53. The maximum absolute atomic E-state index is 2.62. The summed E-state index contributed by atoms with van der Waals surface area (Å²) in [6.07, 6.45) is 0. The summed E-state index contributed by atoms with van der Waals surface area (Å²) in [5.74, 6) is 0. The Labute approximate surface area is 383 Å². The Morgan fingerprint density at radius 3 is 1.41 bits per heavy atom. The molecule has 0 unspecified atom stereocenters. The number of para-hydroxylation sites is 2. The summed E-state index contributed by atoms with van der Waals surface area (Å²) >= 11 is 0. The molecular formula is C64H42N2. The molecule has 3 aliphatic rings. The predicted octanol–water partition coefficient (Wildman–Crippen LogP) is 16.2. The van der Waals surface area contributed by atoms with E-state index in [0.717, 1.165) is 5.69 Å². The lowest BCUT2D eigenvalue weighted by molar-refractivity contribution is 0.660. The third-order valence-electron chi connectivity index (χ3n) is 15.7. The van der Waals surface area contributed by atoms with Gasteiger partial charge in [0.1, 0.15) is 0 Å². The van der Waals surface area contributed by atoms with Crippen molar-refractivity contribution in [3.63, 3.8) is 0 Å². The molecule has 15 rings (SSSR count). The lowest BCUT2D eigenvalue weighted by atomic mass is 9.70. The second kappa shape index (κ2) is 12.7. The molecule has 0 amide bonds. The Kier molecular flexibility index (Phi) is 6.98. The first kappa shape index (κ1) is 36.2. The van der Waals surface area contributed by atoms with Crippen LogP contribution < -0.4 is 0 Å². The Morgan fingerprint density at radius 1 is 0.303 bits per heavy atom. The van der Waals surface area contributed by atoms with E-state index < -0.39 is 5.41 Å². The van der Waals surface area contributed by atoms with Crippen LogP contribution in [0.5, 0.6) is 0 Å². The minimum atomic E-state index is -0.498. The van der Waals surface area contributed by atoms with Gasteiger partial charge in [0.25, 0.3) is 0 Å². The molecule has 1 spiro atoms. The Balaban J connectivity index is 1.01. The van der Waals surface area contributed by atoms with Gasteiger partial charge in [0.15, 0.2) is 0 Å². The van der Waals surface area contributed by atoms with Gasteiger partial charge in [-0.25, -0.2) is 0 Å². The number of aromatic nitrogens is 2. The number of rotatable bonds is 3. The third kappa shape index (κ3) is 4.42. The van der Waals surface area contributed by atoms with Crippen LogP contribution in [-0.4, -0.2) is 9.13 Å². The molecule has 2 heterocycles. The van der Waals surface area contributed by atoms with Gasteiger partial charge >= 0.3 is 0 Å². The van der Waals surface area contributed by atoms with Crippen molar-refractivity contribution in [2.75, 3.05) is 0 Å². The third-order valence-corrected chi connectivity index (χ3v) is 15.7. The zero-order chi connectivity index (χ0) is 43.5. The second-order valence-corrected chi connectivity index (χ2v) is 19.2. The van der Waals surface area contributed by atoms with Crippen molar-refractivity contribution < 1.29 is 0 Å². The molecule has 0 saturated carbocycles. The molecule has 2 aromatic heterocycles. The highest BCUT2D eigenvalue weighted by atomic mass is 15.0. The fraction of sp³-hybridized carbons (Fsp3) is 0.0625. The first-order valence-corrected chi connectivity index (χ1v) is 23.3. The smallest absolute Gasteiger partial charge is 0.0746 e. The highest BCUT2D eigenvalue weighted by molar-refractivity contribution is 6.16. The number of fused-ring (bicyclic) bond motifs is 20. The minimum Gasteiger partial charge on any atom is -0.309 e. The van der Waals surface area contributed by atoms with E-state index in [1.807, 2.05) is 0 Å². The molecule has 0 atom stereocenters. The molecular weight excluding hydrogens is 797 g/mol. The average Bonchev–Trinajstić information content (AvgIpc) is 4.12. The zero-order valence-corrected chi connectivity index (χ0v) is 36.7. The van der Waals surface area contributed by atoms with Crippen molar-refractivity contribution in [3.8, 4) is 55.9 Å². The van der Waals surface area contributed by atoms with Gasteiger partial charge in [0, 0.05) is 43.9 Å². The van der Waals surface area contributed by atoms with Crippen LogP contribution in [0, 0.1) is 0 Å². The van der Waals surface area contributed by atoms with Crippen LogP contribution in [0.25, 0.3) is 99.5 Å². The van der Waals surface area contributed by atoms with Crippen LogP contribution >= 0.6 is 0 Å². The Hall–Kier alpha value is -8.20. The molecule has 0 saturated heterocycles. The standard InChI is InChI=1S/C64H42N2/c1-63(2)53-21-9-3-15-43(53)47-33-32-42(38-57(47)63)66-60-36-29-40(39-27-30-41(31-28-39)65-58-25-13-7-19-48(58)49-20-8-14-26-59(49)65)37-52(60)51-35-34-50-46-18-6-12-24-56(46)64(61(50)62(51)66)54-22-10-4-16-44(54)45-17-5-11-23-55(45)64/h3-38H,1-2H3. The summed E-state index contributed by atoms with van der Waals surface area (Å²) in [4.78, 5) is 0. The van der Waals surface area contributed by atoms with Gasteiger partial charge in [-0.05, 0) is 121 Å². The van der Waals surface area contributed by atoms with Crippen molar-refractivity contribution in [3.05, 3.63) is 252 Å². The van der Waals surface area contributed by atoms with E-state index in [4.69, 9.17) is 0 Å². The fourth-order valence-electron chi connectivity index (χ4n) is 13.0.